The average molecular weight is 466 g/mol. The lowest BCUT2D eigenvalue weighted by atomic mass is 9.94. The summed E-state index contributed by atoms with van der Waals surface area (Å²) in [6.07, 6.45) is 2.21. The van der Waals surface area contributed by atoms with E-state index in [2.05, 4.69) is 10.6 Å². The second-order valence-electron chi connectivity index (χ2n) is 8.80. The van der Waals surface area contributed by atoms with Gasteiger partial charge in [-0.05, 0) is 49.6 Å². The van der Waals surface area contributed by atoms with Gasteiger partial charge in [-0.1, -0.05) is 25.1 Å². The van der Waals surface area contributed by atoms with Crippen molar-refractivity contribution in [3.05, 3.63) is 54.1 Å². The zero-order valence-corrected chi connectivity index (χ0v) is 19.6. The molecule has 4 rings (SSSR count). The molecule has 2 aliphatic heterocycles. The molecule has 2 aromatic rings. The van der Waals surface area contributed by atoms with Crippen LogP contribution in [-0.2, 0) is 14.3 Å². The van der Waals surface area contributed by atoms with Crippen LogP contribution in [-0.4, -0.2) is 54.5 Å². The summed E-state index contributed by atoms with van der Waals surface area (Å²) >= 11 is 0. The van der Waals surface area contributed by atoms with Gasteiger partial charge in [0.2, 0.25) is 11.8 Å². The zero-order valence-electron chi connectivity index (χ0n) is 19.6. The predicted molar refractivity (Wildman–Crippen MR) is 129 cm³/mol. The van der Waals surface area contributed by atoms with Gasteiger partial charge in [0.15, 0.2) is 0 Å². The molecule has 1 saturated heterocycles. The molecule has 0 bridgehead atoms. The molecule has 2 aliphatic rings. The molecule has 0 saturated carbocycles. The lowest BCUT2D eigenvalue weighted by Gasteiger charge is -2.42. The summed E-state index contributed by atoms with van der Waals surface area (Å²) in [5.41, 5.74) is 1.74. The number of anilines is 2. The number of benzene rings is 2. The fourth-order valence-electron chi connectivity index (χ4n) is 4.50. The molecule has 1 fully saturated rings. The number of hydrogen-bond donors (Lipinski definition) is 2. The van der Waals surface area contributed by atoms with E-state index in [-0.39, 0.29) is 49.0 Å². The molecule has 0 aromatic heterocycles. The lowest BCUT2D eigenvalue weighted by molar-refractivity contribution is -0.130. The van der Waals surface area contributed by atoms with Crippen LogP contribution < -0.4 is 15.4 Å². The minimum Gasteiger partial charge on any atom is -0.490 e. The van der Waals surface area contributed by atoms with Crippen molar-refractivity contribution in [1.29, 1.82) is 0 Å². The minimum absolute atomic E-state index is 0.0851. The van der Waals surface area contributed by atoms with Crippen LogP contribution in [0.3, 0.4) is 0 Å². The smallest absolute Gasteiger partial charge is 0.257 e. The normalized spacial score (nSPS) is 21.9. The number of para-hydroxylation sites is 1. The first-order chi connectivity index (χ1) is 16.4. The Morgan fingerprint density at radius 2 is 1.79 bits per heavy atom. The molecule has 180 valence electrons. The van der Waals surface area contributed by atoms with Crippen molar-refractivity contribution in [1.82, 2.24) is 4.90 Å². The van der Waals surface area contributed by atoms with Crippen molar-refractivity contribution in [2.75, 3.05) is 24.3 Å². The summed E-state index contributed by atoms with van der Waals surface area (Å²) < 4.78 is 12.2. The van der Waals surface area contributed by atoms with E-state index in [4.69, 9.17) is 9.47 Å². The Bertz CT molecular complexity index is 1040. The van der Waals surface area contributed by atoms with E-state index in [9.17, 15) is 14.4 Å². The Kier molecular flexibility index (Phi) is 7.47. The zero-order chi connectivity index (χ0) is 24.1. The topological polar surface area (TPSA) is 97.0 Å². The van der Waals surface area contributed by atoms with Gasteiger partial charge in [0.1, 0.15) is 18.5 Å². The first-order valence-corrected chi connectivity index (χ1v) is 11.8. The largest absolute Gasteiger partial charge is 0.490 e. The highest BCUT2D eigenvalue weighted by Crippen LogP contribution is 2.32. The van der Waals surface area contributed by atoms with E-state index in [1.54, 1.807) is 30.1 Å². The minimum atomic E-state index is -0.339. The third-order valence-electron chi connectivity index (χ3n) is 6.24. The van der Waals surface area contributed by atoms with Crippen LogP contribution in [0.2, 0.25) is 0 Å². The molecule has 3 atom stereocenters. The molecule has 3 amide bonds. The van der Waals surface area contributed by atoms with E-state index in [0.29, 0.717) is 36.3 Å². The van der Waals surface area contributed by atoms with E-state index >= 15 is 0 Å². The number of carbonyl (C=O) groups excluding carboxylic acids is 3. The van der Waals surface area contributed by atoms with Crippen LogP contribution in [0, 0.1) is 0 Å². The molecule has 2 aromatic carbocycles. The van der Waals surface area contributed by atoms with Gasteiger partial charge in [-0.3, -0.25) is 14.4 Å². The van der Waals surface area contributed by atoms with Gasteiger partial charge in [0.05, 0.1) is 24.1 Å². The Hall–Kier alpha value is -3.39. The molecule has 34 heavy (non-hydrogen) atoms. The summed E-state index contributed by atoms with van der Waals surface area (Å²) in [6, 6.07) is 14.3. The Balaban J connectivity index is 1.42. The van der Waals surface area contributed by atoms with Crippen LogP contribution in [0.25, 0.3) is 0 Å². The van der Waals surface area contributed by atoms with Crippen molar-refractivity contribution in [3.63, 3.8) is 0 Å². The molecule has 2 N–H and O–H groups in total. The van der Waals surface area contributed by atoms with E-state index in [1.807, 2.05) is 37.3 Å². The van der Waals surface area contributed by atoms with Crippen LogP contribution in [0.4, 0.5) is 11.4 Å². The maximum atomic E-state index is 13.3. The SMILES string of the molecule is CCCC(=O)Nc1ccc2c(c1)C(=O)N(C)[C@H]1CC[C@H](CC(=O)Nc3ccccc3)O[C@@H]1CO2. The summed E-state index contributed by atoms with van der Waals surface area (Å²) in [5.74, 6) is 0.0865. The van der Waals surface area contributed by atoms with Crippen LogP contribution in [0.1, 0.15) is 49.4 Å². The maximum absolute atomic E-state index is 13.3. The van der Waals surface area contributed by atoms with E-state index in [0.717, 1.165) is 12.1 Å². The van der Waals surface area contributed by atoms with Gasteiger partial charge in [-0.15, -0.1) is 0 Å². The van der Waals surface area contributed by atoms with Gasteiger partial charge >= 0.3 is 0 Å². The molecular formula is C26H31N3O5. The van der Waals surface area contributed by atoms with E-state index < -0.39 is 0 Å². The summed E-state index contributed by atoms with van der Waals surface area (Å²) in [6.45, 7) is 2.21. The highest BCUT2D eigenvalue weighted by atomic mass is 16.5. The van der Waals surface area contributed by atoms with Crippen molar-refractivity contribution >= 4 is 29.1 Å². The first kappa shape index (κ1) is 23.8. The van der Waals surface area contributed by atoms with Gasteiger partial charge in [0.25, 0.3) is 5.91 Å². The van der Waals surface area contributed by atoms with E-state index in [1.165, 1.54) is 0 Å². The summed E-state index contributed by atoms with van der Waals surface area (Å²) in [4.78, 5) is 39.4. The van der Waals surface area contributed by atoms with Crippen molar-refractivity contribution < 1.29 is 23.9 Å². The van der Waals surface area contributed by atoms with Crippen molar-refractivity contribution in [2.24, 2.45) is 0 Å². The molecule has 0 aliphatic carbocycles. The molecular weight excluding hydrogens is 434 g/mol. The monoisotopic (exact) mass is 465 g/mol. The van der Waals surface area contributed by atoms with Crippen molar-refractivity contribution in [3.8, 4) is 5.75 Å². The van der Waals surface area contributed by atoms with Gasteiger partial charge < -0.3 is 25.0 Å². The van der Waals surface area contributed by atoms with Crippen molar-refractivity contribution in [2.45, 2.75) is 57.3 Å². The molecule has 2 heterocycles. The second kappa shape index (κ2) is 10.7. The fraction of sp³-hybridized carbons (Fsp3) is 0.423. The third-order valence-corrected chi connectivity index (χ3v) is 6.24. The second-order valence-corrected chi connectivity index (χ2v) is 8.80. The van der Waals surface area contributed by atoms with Gasteiger partial charge in [-0.25, -0.2) is 0 Å². The number of rotatable bonds is 6. The average Bonchev–Trinajstić information content (AvgIpc) is 2.82. The predicted octanol–water partition coefficient (Wildman–Crippen LogP) is 3.83. The number of amides is 3. The Morgan fingerprint density at radius 1 is 1.03 bits per heavy atom. The molecule has 8 heteroatoms. The number of likely N-dealkylation sites (N-methyl/N-ethyl adjacent to an activating group) is 1. The van der Waals surface area contributed by atoms with Gasteiger partial charge in [-0.2, -0.15) is 0 Å². The van der Waals surface area contributed by atoms with Gasteiger partial charge in [0, 0.05) is 24.8 Å². The maximum Gasteiger partial charge on any atom is 0.257 e. The van der Waals surface area contributed by atoms with Crippen LogP contribution in [0.5, 0.6) is 5.75 Å². The molecule has 0 unspecified atom stereocenters. The number of nitrogens with zero attached hydrogens (tertiary/aromatic N) is 1. The molecule has 0 radical (unpaired) electrons. The van der Waals surface area contributed by atoms with Crippen LogP contribution in [0.15, 0.2) is 48.5 Å². The first-order valence-electron chi connectivity index (χ1n) is 11.8. The Morgan fingerprint density at radius 3 is 2.56 bits per heavy atom. The molecule has 8 nitrogen and oxygen atoms in total. The number of fused-ring (bicyclic) bond motifs is 2. The quantitative estimate of drug-likeness (QED) is 0.676. The third kappa shape index (κ3) is 5.56. The number of hydrogen-bond acceptors (Lipinski definition) is 5. The van der Waals surface area contributed by atoms with Crippen LogP contribution >= 0.6 is 0 Å². The Labute approximate surface area is 199 Å². The standard InChI is InChI=1S/C26H31N3O5/c1-3-7-24(30)28-18-10-13-22-20(14-18)26(32)29(2)21-12-11-19(34-23(21)16-33-22)15-25(31)27-17-8-5-4-6-9-17/h4-6,8-10,13-14,19,21,23H,3,7,11-12,15-16H2,1-2H3,(H,27,31)(H,28,30)/t19-,21+,23-/m1/s1. The lowest BCUT2D eigenvalue weighted by Crippen LogP contribution is -2.53. The highest BCUT2D eigenvalue weighted by molar-refractivity contribution is 5.99. The number of ether oxygens (including phenoxy) is 2. The number of nitrogens with one attached hydrogen (secondary N) is 2. The molecule has 0 spiro atoms. The summed E-state index contributed by atoms with van der Waals surface area (Å²) in [5, 5.41) is 5.73. The number of carbonyl (C=O) groups is 3. The highest BCUT2D eigenvalue weighted by Gasteiger charge is 2.39. The fourth-order valence-corrected chi connectivity index (χ4v) is 4.50. The summed E-state index contributed by atoms with van der Waals surface area (Å²) in [7, 11) is 1.77.